The largest absolute Gasteiger partial charge is 0.481 e. The molecule has 0 radical (unpaired) electrons. The van der Waals surface area contributed by atoms with Crippen LogP contribution in [0.3, 0.4) is 0 Å². The first-order valence-corrected chi connectivity index (χ1v) is 7.22. The van der Waals surface area contributed by atoms with Gasteiger partial charge in [0.15, 0.2) is 0 Å². The lowest BCUT2D eigenvalue weighted by atomic mass is 10.1. The Morgan fingerprint density at radius 3 is 2.52 bits per heavy atom. The molecule has 0 spiro atoms. The number of hydrogen-bond donors (Lipinski definition) is 1. The standard InChI is InChI=1S/C18H21NO2/c1-15-7-5-8-16(13-15)14-19(12-6-11-18(20)21)17-9-3-2-4-10-17/h2-5,7-10,13H,6,11-12,14H2,1H3,(H,20,21). The van der Waals surface area contributed by atoms with Gasteiger partial charge in [0.05, 0.1) is 0 Å². The molecule has 3 nitrogen and oxygen atoms in total. The number of nitrogens with zero attached hydrogens (tertiary/aromatic N) is 1. The van der Waals surface area contributed by atoms with Crippen LogP contribution in [0.5, 0.6) is 0 Å². The molecule has 0 aromatic heterocycles. The molecule has 0 saturated carbocycles. The maximum absolute atomic E-state index is 10.7. The predicted octanol–water partition coefficient (Wildman–Crippen LogP) is 3.87. The summed E-state index contributed by atoms with van der Waals surface area (Å²) in [5.41, 5.74) is 3.62. The molecule has 0 aliphatic rings. The molecule has 3 heteroatoms. The Bertz CT molecular complexity index is 581. The molecule has 21 heavy (non-hydrogen) atoms. The molecule has 0 aliphatic heterocycles. The molecule has 2 aromatic carbocycles. The predicted molar refractivity (Wildman–Crippen MR) is 85.5 cm³/mol. The van der Waals surface area contributed by atoms with Gasteiger partial charge in [0.2, 0.25) is 0 Å². The topological polar surface area (TPSA) is 40.5 Å². The van der Waals surface area contributed by atoms with Gasteiger partial charge in [0.1, 0.15) is 0 Å². The van der Waals surface area contributed by atoms with Crippen LogP contribution < -0.4 is 4.90 Å². The minimum atomic E-state index is -0.737. The van der Waals surface area contributed by atoms with Crippen molar-refractivity contribution in [2.24, 2.45) is 0 Å². The summed E-state index contributed by atoms with van der Waals surface area (Å²) in [4.78, 5) is 12.9. The van der Waals surface area contributed by atoms with Crippen LogP contribution in [0.4, 0.5) is 5.69 Å². The minimum Gasteiger partial charge on any atom is -0.481 e. The van der Waals surface area contributed by atoms with E-state index in [9.17, 15) is 4.79 Å². The molecule has 0 unspecified atom stereocenters. The van der Waals surface area contributed by atoms with E-state index in [-0.39, 0.29) is 6.42 Å². The fourth-order valence-electron chi connectivity index (χ4n) is 2.39. The summed E-state index contributed by atoms with van der Waals surface area (Å²) in [5, 5.41) is 8.80. The lowest BCUT2D eigenvalue weighted by Crippen LogP contribution is -2.24. The summed E-state index contributed by atoms with van der Waals surface area (Å²) in [6.07, 6.45) is 0.854. The normalized spacial score (nSPS) is 10.3. The highest BCUT2D eigenvalue weighted by Gasteiger charge is 2.08. The van der Waals surface area contributed by atoms with Crippen molar-refractivity contribution in [1.29, 1.82) is 0 Å². The number of aryl methyl sites for hydroxylation is 1. The average molecular weight is 283 g/mol. The molecule has 0 aliphatic carbocycles. The number of carbonyl (C=O) groups is 1. The summed E-state index contributed by atoms with van der Waals surface area (Å²) in [6, 6.07) is 18.6. The van der Waals surface area contributed by atoms with Gasteiger partial charge in [0.25, 0.3) is 0 Å². The minimum absolute atomic E-state index is 0.206. The number of benzene rings is 2. The maximum atomic E-state index is 10.7. The van der Waals surface area contributed by atoms with Crippen molar-refractivity contribution in [1.82, 2.24) is 0 Å². The van der Waals surface area contributed by atoms with Crippen molar-refractivity contribution in [3.8, 4) is 0 Å². The van der Waals surface area contributed by atoms with E-state index in [0.29, 0.717) is 6.42 Å². The third-order valence-electron chi connectivity index (χ3n) is 3.40. The molecule has 110 valence electrons. The highest BCUT2D eigenvalue weighted by molar-refractivity contribution is 5.66. The zero-order valence-corrected chi connectivity index (χ0v) is 12.3. The maximum Gasteiger partial charge on any atom is 0.303 e. The van der Waals surface area contributed by atoms with Crippen LogP contribution in [0, 0.1) is 6.92 Å². The van der Waals surface area contributed by atoms with Gasteiger partial charge in [0, 0.05) is 25.2 Å². The summed E-state index contributed by atoms with van der Waals surface area (Å²) < 4.78 is 0. The molecule has 0 fully saturated rings. The first-order chi connectivity index (χ1) is 10.1. The quantitative estimate of drug-likeness (QED) is 0.838. The molecular formula is C18H21NO2. The molecule has 0 bridgehead atoms. The monoisotopic (exact) mass is 283 g/mol. The Balaban J connectivity index is 2.10. The van der Waals surface area contributed by atoms with Crippen molar-refractivity contribution in [3.05, 3.63) is 65.7 Å². The Morgan fingerprint density at radius 2 is 1.86 bits per heavy atom. The number of aliphatic carboxylic acids is 1. The van der Waals surface area contributed by atoms with Crippen LogP contribution in [0.15, 0.2) is 54.6 Å². The second-order valence-electron chi connectivity index (χ2n) is 5.24. The van der Waals surface area contributed by atoms with Crippen LogP contribution in [-0.4, -0.2) is 17.6 Å². The van der Waals surface area contributed by atoms with Crippen molar-refractivity contribution in [2.75, 3.05) is 11.4 Å². The SMILES string of the molecule is Cc1cccc(CN(CCCC(=O)O)c2ccccc2)c1. The van der Waals surface area contributed by atoms with E-state index >= 15 is 0 Å². The summed E-state index contributed by atoms with van der Waals surface area (Å²) in [5.74, 6) is -0.737. The van der Waals surface area contributed by atoms with E-state index in [1.807, 2.05) is 18.2 Å². The highest BCUT2D eigenvalue weighted by atomic mass is 16.4. The van der Waals surface area contributed by atoms with Crippen LogP contribution in [0.2, 0.25) is 0 Å². The van der Waals surface area contributed by atoms with E-state index < -0.39 is 5.97 Å². The summed E-state index contributed by atoms with van der Waals surface area (Å²) in [7, 11) is 0. The first-order valence-electron chi connectivity index (χ1n) is 7.22. The number of carboxylic acid groups (broad SMARTS) is 1. The van der Waals surface area contributed by atoms with Crippen LogP contribution in [0.1, 0.15) is 24.0 Å². The van der Waals surface area contributed by atoms with Gasteiger partial charge in [-0.3, -0.25) is 4.79 Å². The number of anilines is 1. The fourth-order valence-corrected chi connectivity index (χ4v) is 2.39. The van der Waals surface area contributed by atoms with Gasteiger partial charge in [-0.2, -0.15) is 0 Å². The highest BCUT2D eigenvalue weighted by Crippen LogP contribution is 2.18. The fraction of sp³-hybridized carbons (Fsp3) is 0.278. The second-order valence-corrected chi connectivity index (χ2v) is 5.24. The molecule has 0 atom stereocenters. The lowest BCUT2D eigenvalue weighted by Gasteiger charge is -2.25. The molecular weight excluding hydrogens is 262 g/mol. The van der Waals surface area contributed by atoms with E-state index in [2.05, 4.69) is 48.2 Å². The zero-order valence-electron chi connectivity index (χ0n) is 12.3. The lowest BCUT2D eigenvalue weighted by molar-refractivity contribution is -0.137. The Hall–Kier alpha value is -2.29. The van der Waals surface area contributed by atoms with E-state index in [4.69, 9.17) is 5.11 Å². The average Bonchev–Trinajstić information content (AvgIpc) is 2.47. The summed E-state index contributed by atoms with van der Waals surface area (Å²) in [6.45, 7) is 3.62. The molecule has 1 N–H and O–H groups in total. The molecule has 2 rings (SSSR count). The van der Waals surface area contributed by atoms with E-state index in [1.165, 1.54) is 11.1 Å². The van der Waals surface area contributed by atoms with Crippen molar-refractivity contribution < 1.29 is 9.90 Å². The van der Waals surface area contributed by atoms with Crippen LogP contribution in [-0.2, 0) is 11.3 Å². The third kappa shape index (κ3) is 4.95. The van der Waals surface area contributed by atoms with Gasteiger partial charge in [-0.1, -0.05) is 48.0 Å². The van der Waals surface area contributed by atoms with Crippen molar-refractivity contribution in [3.63, 3.8) is 0 Å². The third-order valence-corrected chi connectivity index (χ3v) is 3.40. The van der Waals surface area contributed by atoms with Gasteiger partial charge in [-0.25, -0.2) is 0 Å². The van der Waals surface area contributed by atoms with Gasteiger partial charge in [-0.05, 0) is 31.0 Å². The van der Waals surface area contributed by atoms with E-state index in [1.54, 1.807) is 0 Å². The van der Waals surface area contributed by atoms with Crippen molar-refractivity contribution in [2.45, 2.75) is 26.3 Å². The Labute approximate surface area is 125 Å². The number of para-hydroxylation sites is 1. The van der Waals surface area contributed by atoms with Gasteiger partial charge >= 0.3 is 5.97 Å². The first kappa shape index (κ1) is 15.1. The zero-order chi connectivity index (χ0) is 15.1. The summed E-state index contributed by atoms with van der Waals surface area (Å²) >= 11 is 0. The molecule has 2 aromatic rings. The smallest absolute Gasteiger partial charge is 0.303 e. The van der Waals surface area contributed by atoms with E-state index in [0.717, 1.165) is 18.8 Å². The molecule has 0 heterocycles. The van der Waals surface area contributed by atoms with Crippen LogP contribution >= 0.6 is 0 Å². The molecule has 0 saturated heterocycles. The second kappa shape index (κ2) is 7.48. The number of rotatable bonds is 7. The Kier molecular flexibility index (Phi) is 5.38. The Morgan fingerprint density at radius 1 is 1.10 bits per heavy atom. The molecule has 0 amide bonds. The number of hydrogen-bond acceptors (Lipinski definition) is 2. The van der Waals surface area contributed by atoms with Gasteiger partial charge in [-0.15, -0.1) is 0 Å². The van der Waals surface area contributed by atoms with Gasteiger partial charge < -0.3 is 10.0 Å². The van der Waals surface area contributed by atoms with Crippen molar-refractivity contribution >= 4 is 11.7 Å². The van der Waals surface area contributed by atoms with Crippen LogP contribution in [0.25, 0.3) is 0 Å². The number of carboxylic acids is 1.